The summed E-state index contributed by atoms with van der Waals surface area (Å²) >= 11 is 0. The summed E-state index contributed by atoms with van der Waals surface area (Å²) in [6, 6.07) is 10.2. The summed E-state index contributed by atoms with van der Waals surface area (Å²) in [6.45, 7) is 2.40. The minimum absolute atomic E-state index is 0.0509. The number of amides is 1. The van der Waals surface area contributed by atoms with Gasteiger partial charge in [0, 0.05) is 32.0 Å². The largest absolute Gasteiger partial charge is 0.328 e. The van der Waals surface area contributed by atoms with Gasteiger partial charge in [-0.1, -0.05) is 30.3 Å². The highest BCUT2D eigenvalue weighted by Gasteiger charge is 2.31. The van der Waals surface area contributed by atoms with E-state index in [1.165, 1.54) is 6.20 Å². The lowest BCUT2D eigenvalue weighted by atomic mass is 10.0. The summed E-state index contributed by atoms with van der Waals surface area (Å²) < 4.78 is 0. The van der Waals surface area contributed by atoms with Gasteiger partial charge in [-0.3, -0.25) is 9.78 Å². The van der Waals surface area contributed by atoms with Gasteiger partial charge in [0.1, 0.15) is 5.69 Å². The van der Waals surface area contributed by atoms with Crippen LogP contribution in [0.4, 0.5) is 0 Å². The third kappa shape index (κ3) is 2.92. The van der Waals surface area contributed by atoms with Crippen molar-refractivity contribution in [2.75, 3.05) is 26.7 Å². The molecule has 1 saturated heterocycles. The van der Waals surface area contributed by atoms with Crippen LogP contribution in [0.1, 0.15) is 22.1 Å². The molecule has 0 bridgehead atoms. The zero-order valence-corrected chi connectivity index (χ0v) is 12.0. The lowest BCUT2D eigenvalue weighted by Gasteiger charge is -2.40. The van der Waals surface area contributed by atoms with Gasteiger partial charge in [0.15, 0.2) is 0 Å². The molecule has 21 heavy (non-hydrogen) atoms. The van der Waals surface area contributed by atoms with Crippen molar-refractivity contribution in [3.05, 3.63) is 60.2 Å². The lowest BCUT2D eigenvalue weighted by molar-refractivity contribution is 0.0492. The number of aromatic nitrogens is 2. The van der Waals surface area contributed by atoms with E-state index in [2.05, 4.69) is 34.0 Å². The number of likely N-dealkylation sites (N-methyl/N-ethyl adjacent to an activating group) is 1. The Bertz CT molecular complexity index is 602. The summed E-state index contributed by atoms with van der Waals surface area (Å²) in [5, 5.41) is 0. The second-order valence-electron chi connectivity index (χ2n) is 5.28. The number of carbonyl (C=O) groups excluding carboxylic acids is 1. The molecule has 0 radical (unpaired) electrons. The Kier molecular flexibility index (Phi) is 3.92. The van der Waals surface area contributed by atoms with Crippen LogP contribution in [0.2, 0.25) is 0 Å². The average molecular weight is 282 g/mol. The molecule has 5 nitrogen and oxygen atoms in total. The minimum Gasteiger partial charge on any atom is -0.328 e. The van der Waals surface area contributed by atoms with Crippen LogP contribution in [-0.4, -0.2) is 52.4 Å². The van der Waals surface area contributed by atoms with Crippen LogP contribution in [0.25, 0.3) is 0 Å². The summed E-state index contributed by atoms with van der Waals surface area (Å²) in [6.07, 6.45) is 4.67. The molecule has 0 N–H and O–H groups in total. The van der Waals surface area contributed by atoms with Crippen molar-refractivity contribution in [1.29, 1.82) is 0 Å². The quantitative estimate of drug-likeness (QED) is 0.839. The molecule has 1 unspecified atom stereocenters. The Hall–Kier alpha value is -2.27. The first kappa shape index (κ1) is 13.7. The first-order valence-electron chi connectivity index (χ1n) is 7.06. The van der Waals surface area contributed by atoms with Gasteiger partial charge in [-0.25, -0.2) is 4.98 Å². The molecule has 1 aliphatic heterocycles. The molecule has 1 aromatic heterocycles. The predicted octanol–water partition coefficient (Wildman–Crippen LogP) is 1.61. The second-order valence-corrected chi connectivity index (χ2v) is 5.28. The molecule has 1 aliphatic rings. The van der Waals surface area contributed by atoms with Crippen molar-refractivity contribution in [1.82, 2.24) is 19.8 Å². The maximum Gasteiger partial charge on any atom is 0.274 e. The number of nitrogens with zero attached hydrogens (tertiary/aromatic N) is 4. The molecule has 2 aromatic rings. The summed E-state index contributed by atoms with van der Waals surface area (Å²) in [5.41, 5.74) is 1.56. The number of hydrogen-bond donors (Lipinski definition) is 0. The first-order chi connectivity index (χ1) is 10.3. The van der Waals surface area contributed by atoms with Crippen molar-refractivity contribution >= 4 is 5.91 Å². The van der Waals surface area contributed by atoms with Crippen molar-refractivity contribution in [2.45, 2.75) is 6.04 Å². The Morgan fingerprint density at radius 1 is 1.19 bits per heavy atom. The third-order valence-electron chi connectivity index (χ3n) is 3.81. The standard InChI is InChI=1S/C16H18N4O/c1-19-9-10-20(16(21)14-11-17-7-8-18-14)15(12-19)13-5-3-2-4-6-13/h2-8,11,15H,9-10,12H2,1H3. The van der Waals surface area contributed by atoms with E-state index in [1.807, 2.05) is 23.1 Å². The molecule has 0 spiro atoms. The number of hydrogen-bond acceptors (Lipinski definition) is 4. The van der Waals surface area contributed by atoms with E-state index in [0.29, 0.717) is 12.2 Å². The number of rotatable bonds is 2. The van der Waals surface area contributed by atoms with Gasteiger partial charge in [-0.15, -0.1) is 0 Å². The molecule has 2 heterocycles. The SMILES string of the molecule is CN1CCN(C(=O)c2cnccn2)C(c2ccccc2)C1. The van der Waals surface area contributed by atoms with E-state index in [4.69, 9.17) is 0 Å². The Morgan fingerprint density at radius 2 is 2.00 bits per heavy atom. The van der Waals surface area contributed by atoms with Crippen molar-refractivity contribution in [3.8, 4) is 0 Å². The van der Waals surface area contributed by atoms with E-state index in [9.17, 15) is 4.79 Å². The molecule has 1 aromatic carbocycles. The highest BCUT2D eigenvalue weighted by atomic mass is 16.2. The Balaban J connectivity index is 1.90. The minimum atomic E-state index is -0.0509. The monoisotopic (exact) mass is 282 g/mol. The molecular formula is C16H18N4O. The first-order valence-corrected chi connectivity index (χ1v) is 7.06. The lowest BCUT2D eigenvalue weighted by Crippen LogP contribution is -2.49. The van der Waals surface area contributed by atoms with Crippen LogP contribution in [0, 0.1) is 0 Å². The van der Waals surface area contributed by atoms with Gasteiger partial charge in [0.05, 0.1) is 12.2 Å². The summed E-state index contributed by atoms with van der Waals surface area (Å²) in [4.78, 5) is 25.0. The van der Waals surface area contributed by atoms with Crippen LogP contribution in [0.5, 0.6) is 0 Å². The highest BCUT2D eigenvalue weighted by molar-refractivity contribution is 5.92. The summed E-state index contributed by atoms with van der Waals surface area (Å²) in [5.74, 6) is -0.0509. The van der Waals surface area contributed by atoms with Crippen LogP contribution in [0.3, 0.4) is 0 Å². The van der Waals surface area contributed by atoms with E-state index < -0.39 is 0 Å². The summed E-state index contributed by atoms with van der Waals surface area (Å²) in [7, 11) is 2.08. The van der Waals surface area contributed by atoms with Crippen LogP contribution >= 0.6 is 0 Å². The van der Waals surface area contributed by atoms with E-state index in [1.54, 1.807) is 12.4 Å². The normalized spacial score (nSPS) is 19.5. The zero-order valence-electron chi connectivity index (χ0n) is 12.0. The predicted molar refractivity (Wildman–Crippen MR) is 79.7 cm³/mol. The molecule has 1 amide bonds. The fraction of sp³-hybridized carbons (Fsp3) is 0.312. The third-order valence-corrected chi connectivity index (χ3v) is 3.81. The fourth-order valence-corrected chi connectivity index (χ4v) is 2.68. The highest BCUT2D eigenvalue weighted by Crippen LogP contribution is 2.25. The smallest absolute Gasteiger partial charge is 0.274 e. The topological polar surface area (TPSA) is 49.3 Å². The van der Waals surface area contributed by atoms with Crippen LogP contribution in [-0.2, 0) is 0 Å². The van der Waals surface area contributed by atoms with E-state index in [-0.39, 0.29) is 11.9 Å². The van der Waals surface area contributed by atoms with Crippen LogP contribution < -0.4 is 0 Å². The molecule has 1 fully saturated rings. The van der Waals surface area contributed by atoms with Gasteiger partial charge in [-0.05, 0) is 12.6 Å². The van der Waals surface area contributed by atoms with E-state index in [0.717, 1.165) is 18.7 Å². The molecule has 1 atom stereocenters. The molecule has 0 aliphatic carbocycles. The molecule has 3 rings (SSSR count). The Morgan fingerprint density at radius 3 is 2.71 bits per heavy atom. The number of piperazine rings is 1. The molecule has 5 heteroatoms. The maximum absolute atomic E-state index is 12.7. The van der Waals surface area contributed by atoms with E-state index >= 15 is 0 Å². The van der Waals surface area contributed by atoms with Crippen molar-refractivity contribution < 1.29 is 4.79 Å². The van der Waals surface area contributed by atoms with Gasteiger partial charge in [-0.2, -0.15) is 0 Å². The van der Waals surface area contributed by atoms with Crippen LogP contribution in [0.15, 0.2) is 48.9 Å². The average Bonchev–Trinajstić information content (AvgIpc) is 2.56. The second kappa shape index (κ2) is 6.01. The Labute approximate surface area is 124 Å². The van der Waals surface area contributed by atoms with Gasteiger partial charge < -0.3 is 9.80 Å². The molecule has 108 valence electrons. The maximum atomic E-state index is 12.7. The van der Waals surface area contributed by atoms with Gasteiger partial charge in [0.2, 0.25) is 0 Å². The van der Waals surface area contributed by atoms with Crippen molar-refractivity contribution in [2.24, 2.45) is 0 Å². The van der Waals surface area contributed by atoms with Gasteiger partial charge >= 0.3 is 0 Å². The number of benzene rings is 1. The zero-order chi connectivity index (χ0) is 14.7. The fourth-order valence-electron chi connectivity index (χ4n) is 2.68. The molecule has 0 saturated carbocycles. The number of carbonyl (C=O) groups is 1. The van der Waals surface area contributed by atoms with Gasteiger partial charge in [0.25, 0.3) is 5.91 Å². The van der Waals surface area contributed by atoms with Crippen molar-refractivity contribution in [3.63, 3.8) is 0 Å². The molecular weight excluding hydrogens is 264 g/mol.